The fourth-order valence-corrected chi connectivity index (χ4v) is 3.33. The summed E-state index contributed by atoms with van der Waals surface area (Å²) in [6.07, 6.45) is -4.21. The molecule has 130 valence electrons. The lowest BCUT2D eigenvalue weighted by molar-refractivity contribution is -0.105. The van der Waals surface area contributed by atoms with Gasteiger partial charge >= 0.3 is 6.18 Å². The quantitative estimate of drug-likeness (QED) is 0.474. The first-order chi connectivity index (χ1) is 11.8. The standard InChI is InChI=1S/C17H14F3N3S2/c1-11-7-8-12(9-14(11)25-10-17(18,19)20)15-21-16(24)22-23(15)13-5-3-2-4-6-13/h2-9H,10H2,1H3,(H,22,24). The van der Waals surface area contributed by atoms with Crippen LogP contribution in [0.3, 0.4) is 0 Å². The maximum Gasteiger partial charge on any atom is 0.398 e. The number of aromatic amines is 1. The van der Waals surface area contributed by atoms with E-state index in [0.29, 0.717) is 21.1 Å². The molecule has 1 aromatic heterocycles. The average Bonchev–Trinajstić information content (AvgIpc) is 2.96. The number of H-pyrrole nitrogens is 1. The van der Waals surface area contributed by atoms with Gasteiger partial charge in [0.05, 0.1) is 11.4 Å². The predicted molar refractivity (Wildman–Crippen MR) is 95.7 cm³/mol. The van der Waals surface area contributed by atoms with Gasteiger partial charge in [0.1, 0.15) is 0 Å². The van der Waals surface area contributed by atoms with E-state index in [0.717, 1.165) is 23.0 Å². The van der Waals surface area contributed by atoms with Crippen molar-refractivity contribution >= 4 is 24.0 Å². The van der Waals surface area contributed by atoms with Crippen molar-refractivity contribution in [3.05, 3.63) is 58.9 Å². The minimum Gasteiger partial charge on any atom is -0.266 e. The zero-order chi connectivity index (χ0) is 18.0. The molecule has 8 heteroatoms. The molecule has 25 heavy (non-hydrogen) atoms. The molecule has 0 saturated heterocycles. The second kappa shape index (κ2) is 7.05. The molecular formula is C17H14F3N3S2. The van der Waals surface area contributed by atoms with Gasteiger partial charge in [-0.3, -0.25) is 5.10 Å². The topological polar surface area (TPSA) is 33.6 Å². The summed E-state index contributed by atoms with van der Waals surface area (Å²) in [4.78, 5) is 4.90. The second-order valence-corrected chi connectivity index (χ2v) is 6.81. The number of hydrogen-bond donors (Lipinski definition) is 1. The zero-order valence-corrected chi connectivity index (χ0v) is 14.8. The monoisotopic (exact) mass is 381 g/mol. The van der Waals surface area contributed by atoms with Crippen molar-refractivity contribution in [2.24, 2.45) is 0 Å². The van der Waals surface area contributed by atoms with Gasteiger partial charge in [-0.2, -0.15) is 18.2 Å². The molecule has 2 aromatic carbocycles. The van der Waals surface area contributed by atoms with E-state index in [1.165, 1.54) is 0 Å². The minimum absolute atomic E-state index is 0.309. The molecule has 1 N–H and O–H groups in total. The number of nitrogens with zero attached hydrogens (tertiary/aromatic N) is 2. The van der Waals surface area contributed by atoms with E-state index < -0.39 is 11.9 Å². The Kier molecular flexibility index (Phi) is 5.01. The number of aromatic nitrogens is 3. The number of hydrogen-bond acceptors (Lipinski definition) is 3. The molecule has 0 saturated carbocycles. The second-order valence-electron chi connectivity index (χ2n) is 5.41. The first-order valence-corrected chi connectivity index (χ1v) is 8.78. The summed E-state index contributed by atoms with van der Waals surface area (Å²) in [7, 11) is 0. The number of benzene rings is 2. The van der Waals surface area contributed by atoms with Crippen molar-refractivity contribution in [1.29, 1.82) is 0 Å². The summed E-state index contributed by atoms with van der Waals surface area (Å²) < 4.78 is 39.6. The zero-order valence-electron chi connectivity index (χ0n) is 13.2. The van der Waals surface area contributed by atoms with Crippen LogP contribution in [0.25, 0.3) is 17.1 Å². The van der Waals surface area contributed by atoms with Crippen LogP contribution in [-0.4, -0.2) is 26.7 Å². The third kappa shape index (κ3) is 4.32. The van der Waals surface area contributed by atoms with E-state index in [1.807, 2.05) is 36.4 Å². The molecule has 3 nitrogen and oxygen atoms in total. The lowest BCUT2D eigenvalue weighted by atomic mass is 10.1. The molecule has 3 rings (SSSR count). The Morgan fingerprint density at radius 3 is 2.56 bits per heavy atom. The van der Waals surface area contributed by atoms with Crippen molar-refractivity contribution in [2.75, 3.05) is 5.75 Å². The van der Waals surface area contributed by atoms with Gasteiger partial charge in [-0.25, -0.2) is 4.68 Å². The van der Waals surface area contributed by atoms with Crippen molar-refractivity contribution in [2.45, 2.75) is 18.0 Å². The Hall–Kier alpha value is -2.06. The highest BCUT2D eigenvalue weighted by atomic mass is 32.2. The van der Waals surface area contributed by atoms with Gasteiger partial charge in [-0.15, -0.1) is 11.8 Å². The summed E-state index contributed by atoms with van der Waals surface area (Å²) in [5.41, 5.74) is 2.33. The van der Waals surface area contributed by atoms with Crippen LogP contribution in [0.1, 0.15) is 5.56 Å². The van der Waals surface area contributed by atoms with Gasteiger partial charge in [-0.1, -0.05) is 30.3 Å². The fraction of sp³-hybridized carbons (Fsp3) is 0.176. The summed E-state index contributed by atoms with van der Waals surface area (Å²) >= 11 is 5.91. The Morgan fingerprint density at radius 2 is 1.88 bits per heavy atom. The molecule has 0 bridgehead atoms. The highest BCUT2D eigenvalue weighted by molar-refractivity contribution is 7.99. The third-order valence-electron chi connectivity index (χ3n) is 3.48. The van der Waals surface area contributed by atoms with E-state index in [2.05, 4.69) is 10.1 Å². The number of halogens is 3. The van der Waals surface area contributed by atoms with E-state index >= 15 is 0 Å². The summed E-state index contributed by atoms with van der Waals surface area (Å²) in [5.74, 6) is -0.368. The van der Waals surface area contributed by atoms with Crippen molar-refractivity contribution in [1.82, 2.24) is 14.8 Å². The lowest BCUT2D eigenvalue weighted by Gasteiger charge is -2.11. The predicted octanol–water partition coefficient (Wildman–Crippen LogP) is 5.56. The molecule has 0 spiro atoms. The maximum atomic E-state index is 12.5. The van der Waals surface area contributed by atoms with Gasteiger partial charge in [0.25, 0.3) is 0 Å². The number of alkyl halides is 3. The van der Waals surface area contributed by atoms with Gasteiger partial charge in [0.15, 0.2) is 5.82 Å². The van der Waals surface area contributed by atoms with Crippen LogP contribution in [0.15, 0.2) is 53.4 Å². The first-order valence-electron chi connectivity index (χ1n) is 7.38. The maximum absolute atomic E-state index is 12.5. The Balaban J connectivity index is 2.02. The fourth-order valence-electron chi connectivity index (χ4n) is 2.33. The highest BCUT2D eigenvalue weighted by Gasteiger charge is 2.27. The van der Waals surface area contributed by atoms with E-state index in [-0.39, 0.29) is 0 Å². The van der Waals surface area contributed by atoms with E-state index in [1.54, 1.807) is 23.7 Å². The van der Waals surface area contributed by atoms with Gasteiger partial charge in [0.2, 0.25) is 4.77 Å². The molecule has 1 heterocycles. The number of aryl methyl sites for hydroxylation is 1. The van der Waals surface area contributed by atoms with Crippen LogP contribution in [0.2, 0.25) is 0 Å². The Labute approximate surface area is 151 Å². The molecule has 3 aromatic rings. The third-order valence-corrected chi connectivity index (χ3v) is 4.88. The average molecular weight is 381 g/mol. The number of thioether (sulfide) groups is 1. The normalized spacial score (nSPS) is 11.7. The van der Waals surface area contributed by atoms with Crippen LogP contribution in [0.5, 0.6) is 0 Å². The van der Waals surface area contributed by atoms with Crippen LogP contribution in [-0.2, 0) is 0 Å². The van der Waals surface area contributed by atoms with Crippen molar-refractivity contribution in [3.63, 3.8) is 0 Å². The summed E-state index contributed by atoms with van der Waals surface area (Å²) in [6.45, 7) is 1.79. The summed E-state index contributed by atoms with van der Waals surface area (Å²) in [5, 5.41) is 2.98. The molecule has 0 aliphatic heterocycles. The number of para-hydroxylation sites is 1. The van der Waals surface area contributed by atoms with Crippen LogP contribution in [0, 0.1) is 11.7 Å². The molecular weight excluding hydrogens is 367 g/mol. The molecule has 0 fully saturated rings. The first kappa shape index (κ1) is 17.8. The Morgan fingerprint density at radius 1 is 1.16 bits per heavy atom. The molecule has 0 unspecified atom stereocenters. The largest absolute Gasteiger partial charge is 0.398 e. The lowest BCUT2D eigenvalue weighted by Crippen LogP contribution is -2.10. The van der Waals surface area contributed by atoms with Crippen LogP contribution >= 0.6 is 24.0 Å². The van der Waals surface area contributed by atoms with E-state index in [9.17, 15) is 13.2 Å². The molecule has 0 aliphatic rings. The smallest absolute Gasteiger partial charge is 0.266 e. The van der Waals surface area contributed by atoms with Gasteiger partial charge in [0, 0.05) is 10.5 Å². The number of nitrogens with one attached hydrogen (secondary N) is 1. The molecule has 0 aliphatic carbocycles. The van der Waals surface area contributed by atoms with Crippen LogP contribution < -0.4 is 0 Å². The van der Waals surface area contributed by atoms with Crippen molar-refractivity contribution < 1.29 is 13.2 Å². The minimum atomic E-state index is -4.21. The summed E-state index contributed by atoms with van der Waals surface area (Å²) in [6, 6.07) is 14.8. The SMILES string of the molecule is Cc1ccc(-c2nc(=S)[nH]n2-c2ccccc2)cc1SCC(F)(F)F. The van der Waals surface area contributed by atoms with Crippen molar-refractivity contribution in [3.8, 4) is 17.1 Å². The molecule has 0 radical (unpaired) electrons. The molecule has 0 amide bonds. The molecule has 0 atom stereocenters. The van der Waals surface area contributed by atoms with Gasteiger partial charge in [-0.05, 0) is 42.9 Å². The van der Waals surface area contributed by atoms with E-state index in [4.69, 9.17) is 12.2 Å². The highest BCUT2D eigenvalue weighted by Crippen LogP contribution is 2.32. The van der Waals surface area contributed by atoms with Crippen LogP contribution in [0.4, 0.5) is 13.2 Å². The van der Waals surface area contributed by atoms with Gasteiger partial charge < -0.3 is 0 Å². The Bertz CT molecular complexity index is 930. The number of rotatable bonds is 4.